The monoisotopic (exact) mass is 428 g/mol. The molecule has 1 heterocycles. The molecule has 3 rings (SSSR count). The quantitative estimate of drug-likeness (QED) is 0.393. The molecule has 1 aromatic heterocycles. The predicted molar refractivity (Wildman–Crippen MR) is 102 cm³/mol. The highest BCUT2D eigenvalue weighted by Crippen LogP contribution is 2.19. The second-order valence-corrected chi connectivity index (χ2v) is 6.34. The first-order valence-corrected chi connectivity index (χ1v) is 8.30. The van der Waals surface area contributed by atoms with Crippen molar-refractivity contribution < 1.29 is 4.79 Å². The summed E-state index contributed by atoms with van der Waals surface area (Å²) in [5.74, 6) is -0.259. The Labute approximate surface area is 152 Å². The molecule has 0 aliphatic carbocycles. The summed E-state index contributed by atoms with van der Waals surface area (Å²) in [6.45, 7) is 0.267. The summed E-state index contributed by atoms with van der Waals surface area (Å²) >= 11 is 2.16. The van der Waals surface area contributed by atoms with Crippen LogP contribution in [-0.2, 0) is 6.54 Å². The van der Waals surface area contributed by atoms with Gasteiger partial charge < -0.3 is 4.57 Å². The minimum absolute atomic E-state index is 0.259. The maximum absolute atomic E-state index is 12.1. The van der Waals surface area contributed by atoms with E-state index in [0.717, 1.165) is 20.0 Å². The summed E-state index contributed by atoms with van der Waals surface area (Å²) in [4.78, 5) is 12.1. The lowest BCUT2D eigenvalue weighted by atomic mass is 10.2. The number of benzene rings is 2. The molecule has 0 fully saturated rings. The fourth-order valence-electron chi connectivity index (χ4n) is 2.44. The number of hydrogen-bond acceptors (Lipinski definition) is 3. The minimum Gasteiger partial charge on any atom is -0.333 e. The molecule has 3 aromatic rings. The van der Waals surface area contributed by atoms with E-state index in [0.29, 0.717) is 5.56 Å². The van der Waals surface area contributed by atoms with Gasteiger partial charge in [-0.2, -0.15) is 10.4 Å². The highest BCUT2D eigenvalue weighted by Gasteiger charge is 2.07. The molecule has 0 saturated heterocycles. The Bertz CT molecular complexity index is 969. The molecule has 0 aliphatic heterocycles. The molecular weight excluding hydrogens is 415 g/mol. The Morgan fingerprint density at radius 1 is 1.29 bits per heavy atom. The number of amides is 1. The topological polar surface area (TPSA) is 70.2 Å². The Morgan fingerprint density at radius 3 is 2.92 bits per heavy atom. The molecular formula is C18H13IN4O. The molecule has 0 unspecified atom stereocenters. The van der Waals surface area contributed by atoms with Gasteiger partial charge in [0, 0.05) is 31.8 Å². The average Bonchev–Trinajstić information content (AvgIpc) is 2.93. The third-order valence-electron chi connectivity index (χ3n) is 3.52. The first kappa shape index (κ1) is 16.2. The number of hydrazone groups is 1. The molecule has 0 aliphatic rings. The molecule has 24 heavy (non-hydrogen) atoms. The lowest BCUT2D eigenvalue weighted by Crippen LogP contribution is -2.17. The fourth-order valence-corrected chi connectivity index (χ4v) is 2.98. The summed E-state index contributed by atoms with van der Waals surface area (Å²) in [5.41, 5.74) is 4.91. The highest BCUT2D eigenvalue weighted by molar-refractivity contribution is 14.1. The number of nitrogens with zero attached hydrogens (tertiary/aromatic N) is 3. The zero-order chi connectivity index (χ0) is 16.9. The molecule has 0 bridgehead atoms. The van der Waals surface area contributed by atoms with Crippen molar-refractivity contribution in [1.29, 1.82) is 5.26 Å². The van der Waals surface area contributed by atoms with Gasteiger partial charge in [0.05, 0.1) is 12.3 Å². The second kappa shape index (κ2) is 7.27. The van der Waals surface area contributed by atoms with Crippen molar-refractivity contribution in [3.8, 4) is 6.07 Å². The molecule has 0 saturated carbocycles. The number of carbonyl (C=O) groups is 1. The van der Waals surface area contributed by atoms with Gasteiger partial charge in [-0.25, -0.2) is 5.43 Å². The van der Waals surface area contributed by atoms with Gasteiger partial charge in [0.1, 0.15) is 6.54 Å². The molecule has 0 atom stereocenters. The van der Waals surface area contributed by atoms with Gasteiger partial charge in [0.25, 0.3) is 5.91 Å². The smallest absolute Gasteiger partial charge is 0.271 e. The van der Waals surface area contributed by atoms with Gasteiger partial charge >= 0.3 is 0 Å². The van der Waals surface area contributed by atoms with Crippen molar-refractivity contribution in [2.24, 2.45) is 5.10 Å². The van der Waals surface area contributed by atoms with E-state index >= 15 is 0 Å². The number of nitrogens with one attached hydrogen (secondary N) is 1. The van der Waals surface area contributed by atoms with Gasteiger partial charge in [-0.1, -0.05) is 24.3 Å². The highest BCUT2D eigenvalue weighted by atomic mass is 127. The van der Waals surface area contributed by atoms with Crippen molar-refractivity contribution in [2.75, 3.05) is 0 Å². The average molecular weight is 428 g/mol. The predicted octanol–water partition coefficient (Wildman–Crippen LogP) is 3.53. The van der Waals surface area contributed by atoms with E-state index in [-0.39, 0.29) is 12.5 Å². The van der Waals surface area contributed by atoms with E-state index < -0.39 is 0 Å². The van der Waals surface area contributed by atoms with E-state index in [9.17, 15) is 4.79 Å². The third kappa shape index (κ3) is 3.46. The van der Waals surface area contributed by atoms with Crippen LogP contribution < -0.4 is 5.43 Å². The van der Waals surface area contributed by atoms with E-state index in [2.05, 4.69) is 39.2 Å². The van der Waals surface area contributed by atoms with E-state index in [4.69, 9.17) is 5.26 Å². The molecule has 6 heteroatoms. The number of carbonyl (C=O) groups excluding carboxylic acids is 1. The van der Waals surface area contributed by atoms with Crippen molar-refractivity contribution in [1.82, 2.24) is 9.99 Å². The van der Waals surface area contributed by atoms with Crippen LogP contribution in [0.15, 0.2) is 59.8 Å². The Kier molecular flexibility index (Phi) is 4.91. The summed E-state index contributed by atoms with van der Waals surface area (Å²) in [5, 5.41) is 14.0. The van der Waals surface area contributed by atoms with Gasteiger partial charge in [-0.3, -0.25) is 4.79 Å². The lowest BCUT2D eigenvalue weighted by molar-refractivity contribution is 0.0955. The van der Waals surface area contributed by atoms with Crippen LogP contribution in [0.25, 0.3) is 10.9 Å². The Morgan fingerprint density at radius 2 is 2.12 bits per heavy atom. The van der Waals surface area contributed by atoms with Crippen LogP contribution in [0, 0.1) is 14.9 Å². The minimum atomic E-state index is -0.259. The zero-order valence-corrected chi connectivity index (χ0v) is 14.8. The second-order valence-electron chi connectivity index (χ2n) is 5.10. The van der Waals surface area contributed by atoms with Crippen LogP contribution in [0.1, 0.15) is 15.9 Å². The van der Waals surface area contributed by atoms with Crippen LogP contribution in [0.4, 0.5) is 0 Å². The van der Waals surface area contributed by atoms with Crippen LogP contribution >= 0.6 is 22.6 Å². The first-order chi connectivity index (χ1) is 11.7. The summed E-state index contributed by atoms with van der Waals surface area (Å²) in [7, 11) is 0. The van der Waals surface area contributed by atoms with Crippen molar-refractivity contribution >= 4 is 45.6 Å². The number of para-hydroxylation sites is 1. The summed E-state index contributed by atoms with van der Waals surface area (Å²) in [6, 6.07) is 17.2. The van der Waals surface area contributed by atoms with Gasteiger partial charge in [0.15, 0.2) is 0 Å². The van der Waals surface area contributed by atoms with Crippen LogP contribution in [-0.4, -0.2) is 16.7 Å². The standard InChI is InChI=1S/C18H13IN4O/c19-15-5-3-4-13(10-15)18(24)22-21-11-14-12-23(9-8-20)17-7-2-1-6-16(14)17/h1-7,10-12H,9H2,(H,22,24)/b21-11-. The number of fused-ring (bicyclic) bond motifs is 1. The molecule has 0 radical (unpaired) electrons. The van der Waals surface area contributed by atoms with E-state index in [1.807, 2.05) is 47.2 Å². The third-order valence-corrected chi connectivity index (χ3v) is 4.19. The van der Waals surface area contributed by atoms with Crippen LogP contribution in [0.2, 0.25) is 0 Å². The number of aromatic nitrogens is 1. The normalized spacial score (nSPS) is 10.8. The molecule has 1 amide bonds. The van der Waals surface area contributed by atoms with Crippen molar-refractivity contribution in [2.45, 2.75) is 6.54 Å². The largest absolute Gasteiger partial charge is 0.333 e. The zero-order valence-electron chi connectivity index (χ0n) is 12.6. The van der Waals surface area contributed by atoms with Crippen molar-refractivity contribution in [3.63, 3.8) is 0 Å². The van der Waals surface area contributed by atoms with E-state index in [1.165, 1.54) is 0 Å². The number of nitriles is 1. The Hall–Kier alpha value is -2.66. The molecule has 5 nitrogen and oxygen atoms in total. The van der Waals surface area contributed by atoms with Crippen LogP contribution in [0.3, 0.4) is 0 Å². The summed E-state index contributed by atoms with van der Waals surface area (Å²) < 4.78 is 2.85. The SMILES string of the molecule is N#CCn1cc(/C=N\NC(=O)c2cccc(I)c2)c2ccccc21. The van der Waals surface area contributed by atoms with Crippen LogP contribution in [0.5, 0.6) is 0 Å². The fraction of sp³-hybridized carbons (Fsp3) is 0.0556. The van der Waals surface area contributed by atoms with E-state index in [1.54, 1.807) is 18.3 Å². The molecule has 118 valence electrons. The molecule has 1 N–H and O–H groups in total. The first-order valence-electron chi connectivity index (χ1n) is 7.23. The van der Waals surface area contributed by atoms with Gasteiger partial charge in [-0.05, 0) is 46.9 Å². The summed E-state index contributed by atoms with van der Waals surface area (Å²) in [6.07, 6.45) is 3.46. The van der Waals surface area contributed by atoms with Gasteiger partial charge in [-0.15, -0.1) is 0 Å². The number of halogens is 1. The Balaban J connectivity index is 1.81. The molecule has 2 aromatic carbocycles. The maximum atomic E-state index is 12.1. The lowest BCUT2D eigenvalue weighted by Gasteiger charge is -1.99. The molecule has 0 spiro atoms. The number of rotatable bonds is 4. The van der Waals surface area contributed by atoms with Crippen molar-refractivity contribution in [3.05, 3.63) is 69.4 Å². The maximum Gasteiger partial charge on any atom is 0.271 e. The number of hydrogen-bond donors (Lipinski definition) is 1. The van der Waals surface area contributed by atoms with Gasteiger partial charge in [0.2, 0.25) is 0 Å².